The molecule has 0 amide bonds. The Balaban J connectivity index is 1.85. The molecule has 0 heteroatoms. The smallest absolute Gasteiger partial charge is 0.0201 e. The number of hydrogen-bond donors (Lipinski definition) is 0. The lowest BCUT2D eigenvalue weighted by Crippen LogP contribution is -2.66. The average Bonchev–Trinajstić information content (AvgIpc) is 2.47. The lowest BCUT2D eigenvalue weighted by Gasteiger charge is -2.70. The standard InChI is InChI=1S/C20H26/c1-5-6-10-14(2)18-16(4)20(13-15(3)19(18)20)17-11-8-7-9-12-17/h5-9,11-12,14-15,18-19H,4,10,13H2,1-3H3/b6-5-. The largest absolute Gasteiger partial charge is 0.0986 e. The highest BCUT2D eigenvalue weighted by Crippen LogP contribution is 2.71. The third kappa shape index (κ3) is 1.67. The second kappa shape index (κ2) is 4.91. The van der Waals surface area contributed by atoms with E-state index in [1.165, 1.54) is 24.0 Å². The van der Waals surface area contributed by atoms with Crippen molar-refractivity contribution in [2.75, 3.05) is 0 Å². The van der Waals surface area contributed by atoms with Gasteiger partial charge in [0, 0.05) is 5.41 Å². The van der Waals surface area contributed by atoms with Crippen LogP contribution in [0.4, 0.5) is 0 Å². The lowest BCUT2D eigenvalue weighted by atomic mass is 9.33. The number of fused-ring (bicyclic) bond motifs is 1. The highest BCUT2D eigenvalue weighted by atomic mass is 14.7. The molecule has 2 aliphatic carbocycles. The first-order valence-electron chi connectivity index (χ1n) is 7.99. The van der Waals surface area contributed by atoms with Crippen molar-refractivity contribution >= 4 is 0 Å². The van der Waals surface area contributed by atoms with Gasteiger partial charge in [0.2, 0.25) is 0 Å². The van der Waals surface area contributed by atoms with Gasteiger partial charge in [-0.3, -0.25) is 0 Å². The van der Waals surface area contributed by atoms with Crippen molar-refractivity contribution in [3.63, 3.8) is 0 Å². The van der Waals surface area contributed by atoms with Gasteiger partial charge in [0.1, 0.15) is 0 Å². The molecule has 0 heterocycles. The molecular weight excluding hydrogens is 240 g/mol. The summed E-state index contributed by atoms with van der Waals surface area (Å²) in [5, 5.41) is 0. The molecule has 5 unspecified atom stereocenters. The van der Waals surface area contributed by atoms with E-state index in [1.807, 2.05) is 0 Å². The van der Waals surface area contributed by atoms with Crippen molar-refractivity contribution < 1.29 is 0 Å². The van der Waals surface area contributed by atoms with Crippen LogP contribution in [0.2, 0.25) is 0 Å². The normalized spacial score (nSPS) is 37.1. The summed E-state index contributed by atoms with van der Waals surface area (Å²) in [4.78, 5) is 0. The molecule has 0 aromatic heterocycles. The maximum absolute atomic E-state index is 4.51. The molecule has 0 N–H and O–H groups in total. The van der Waals surface area contributed by atoms with E-state index in [2.05, 4.69) is 69.8 Å². The van der Waals surface area contributed by atoms with Crippen LogP contribution < -0.4 is 0 Å². The molecule has 0 saturated heterocycles. The third-order valence-electron chi connectivity index (χ3n) is 5.83. The fraction of sp³-hybridized carbons (Fsp3) is 0.500. The highest BCUT2D eigenvalue weighted by Gasteiger charge is 2.67. The Kier molecular flexibility index (Phi) is 3.36. The Morgan fingerprint density at radius 3 is 2.65 bits per heavy atom. The number of hydrogen-bond acceptors (Lipinski definition) is 0. The van der Waals surface area contributed by atoms with Crippen LogP contribution in [-0.4, -0.2) is 0 Å². The van der Waals surface area contributed by atoms with Crippen LogP contribution in [0.25, 0.3) is 0 Å². The summed E-state index contributed by atoms with van der Waals surface area (Å²) in [6.07, 6.45) is 6.97. The third-order valence-corrected chi connectivity index (χ3v) is 5.83. The van der Waals surface area contributed by atoms with Gasteiger partial charge >= 0.3 is 0 Å². The molecule has 5 atom stereocenters. The first-order chi connectivity index (χ1) is 9.63. The topological polar surface area (TPSA) is 0 Å². The monoisotopic (exact) mass is 266 g/mol. The number of allylic oxidation sites excluding steroid dienone is 3. The summed E-state index contributed by atoms with van der Waals surface area (Å²) in [6.45, 7) is 11.4. The first kappa shape index (κ1) is 13.7. The lowest BCUT2D eigenvalue weighted by molar-refractivity contribution is -0.0687. The van der Waals surface area contributed by atoms with Gasteiger partial charge < -0.3 is 0 Å². The van der Waals surface area contributed by atoms with E-state index in [-0.39, 0.29) is 0 Å². The molecule has 2 aliphatic rings. The summed E-state index contributed by atoms with van der Waals surface area (Å²) in [6, 6.07) is 11.1. The van der Waals surface area contributed by atoms with Crippen molar-refractivity contribution in [2.45, 2.75) is 39.0 Å². The summed E-state index contributed by atoms with van der Waals surface area (Å²) in [5.74, 6) is 3.11. The predicted octanol–water partition coefficient (Wildman–Crippen LogP) is 5.37. The van der Waals surface area contributed by atoms with E-state index in [9.17, 15) is 0 Å². The molecule has 1 aromatic carbocycles. The summed E-state index contributed by atoms with van der Waals surface area (Å²) in [7, 11) is 0. The van der Waals surface area contributed by atoms with Crippen LogP contribution in [0.5, 0.6) is 0 Å². The van der Waals surface area contributed by atoms with E-state index in [0.29, 0.717) is 5.41 Å². The van der Waals surface area contributed by atoms with Crippen molar-refractivity contribution in [3.8, 4) is 0 Å². The maximum atomic E-state index is 4.51. The molecule has 0 nitrogen and oxygen atoms in total. The van der Waals surface area contributed by atoms with E-state index in [1.54, 1.807) is 0 Å². The molecule has 20 heavy (non-hydrogen) atoms. The van der Waals surface area contributed by atoms with Crippen molar-refractivity contribution in [2.24, 2.45) is 23.7 Å². The molecule has 0 radical (unpaired) electrons. The van der Waals surface area contributed by atoms with Gasteiger partial charge in [0.15, 0.2) is 0 Å². The van der Waals surface area contributed by atoms with Gasteiger partial charge in [-0.15, -0.1) is 0 Å². The molecule has 1 aromatic rings. The Hall–Kier alpha value is -1.30. The summed E-state index contributed by atoms with van der Waals surface area (Å²) >= 11 is 0. The Bertz CT molecular complexity index is 524. The molecule has 106 valence electrons. The Morgan fingerprint density at radius 2 is 2.05 bits per heavy atom. The zero-order valence-electron chi connectivity index (χ0n) is 13.0. The van der Waals surface area contributed by atoms with Gasteiger partial charge in [-0.2, -0.15) is 0 Å². The van der Waals surface area contributed by atoms with E-state index in [0.717, 1.165) is 23.7 Å². The van der Waals surface area contributed by atoms with Crippen molar-refractivity contribution in [3.05, 3.63) is 60.2 Å². The second-order valence-electron chi connectivity index (χ2n) is 6.88. The van der Waals surface area contributed by atoms with Crippen LogP contribution in [0.3, 0.4) is 0 Å². The zero-order valence-corrected chi connectivity index (χ0v) is 13.0. The molecule has 2 fully saturated rings. The van der Waals surface area contributed by atoms with Crippen LogP contribution >= 0.6 is 0 Å². The van der Waals surface area contributed by atoms with Gasteiger partial charge in [-0.1, -0.05) is 68.5 Å². The van der Waals surface area contributed by atoms with Crippen molar-refractivity contribution in [1.82, 2.24) is 0 Å². The van der Waals surface area contributed by atoms with E-state index < -0.39 is 0 Å². The molecular formula is C20H26. The van der Waals surface area contributed by atoms with Gasteiger partial charge in [-0.25, -0.2) is 0 Å². The van der Waals surface area contributed by atoms with Gasteiger partial charge in [-0.05, 0) is 49.0 Å². The zero-order chi connectivity index (χ0) is 14.3. The van der Waals surface area contributed by atoms with Crippen LogP contribution in [0.1, 0.15) is 39.2 Å². The minimum atomic E-state index is 0.315. The molecule has 0 bridgehead atoms. The fourth-order valence-electron chi connectivity index (χ4n) is 4.95. The number of rotatable bonds is 4. The number of benzene rings is 1. The Morgan fingerprint density at radius 1 is 1.35 bits per heavy atom. The quantitative estimate of drug-likeness (QED) is 0.643. The van der Waals surface area contributed by atoms with E-state index in [4.69, 9.17) is 0 Å². The van der Waals surface area contributed by atoms with Crippen LogP contribution in [0, 0.1) is 23.7 Å². The SMILES string of the molecule is C=C1C(C(C)C/C=C\C)C2C(C)CC12c1ccccc1. The maximum Gasteiger partial charge on any atom is 0.0201 e. The molecule has 2 saturated carbocycles. The van der Waals surface area contributed by atoms with Gasteiger partial charge in [0.05, 0.1) is 0 Å². The summed E-state index contributed by atoms with van der Waals surface area (Å²) < 4.78 is 0. The van der Waals surface area contributed by atoms with Crippen LogP contribution in [0.15, 0.2) is 54.6 Å². The second-order valence-corrected chi connectivity index (χ2v) is 6.88. The summed E-state index contributed by atoms with van der Waals surface area (Å²) in [5.41, 5.74) is 3.32. The fourth-order valence-corrected chi connectivity index (χ4v) is 4.95. The minimum Gasteiger partial charge on any atom is -0.0986 e. The van der Waals surface area contributed by atoms with Gasteiger partial charge in [0.25, 0.3) is 0 Å². The first-order valence-corrected chi connectivity index (χ1v) is 7.99. The Labute approximate surface area is 123 Å². The molecule has 3 rings (SSSR count). The van der Waals surface area contributed by atoms with Crippen LogP contribution in [-0.2, 0) is 5.41 Å². The molecule has 0 aliphatic heterocycles. The van der Waals surface area contributed by atoms with E-state index >= 15 is 0 Å². The molecule has 0 spiro atoms. The minimum absolute atomic E-state index is 0.315. The average molecular weight is 266 g/mol. The highest BCUT2D eigenvalue weighted by molar-refractivity contribution is 5.50. The van der Waals surface area contributed by atoms with Crippen molar-refractivity contribution in [1.29, 1.82) is 0 Å². The predicted molar refractivity (Wildman–Crippen MR) is 86.6 cm³/mol.